The number of anilines is 1. The molecule has 1 unspecified atom stereocenters. The quantitative estimate of drug-likeness (QED) is 0.809. The molecule has 4 rings (SSSR count). The molecule has 0 saturated carbocycles. The van der Waals surface area contributed by atoms with E-state index in [-0.39, 0.29) is 29.0 Å². The van der Waals surface area contributed by atoms with Crippen LogP contribution in [0.2, 0.25) is 5.02 Å². The van der Waals surface area contributed by atoms with Gasteiger partial charge in [-0.2, -0.15) is 0 Å². The van der Waals surface area contributed by atoms with Gasteiger partial charge in [0, 0.05) is 23.4 Å². The molecule has 0 bridgehead atoms. The molecule has 2 aromatic rings. The lowest BCUT2D eigenvalue weighted by molar-refractivity contribution is -0.116. The number of nitrogens with zero attached hydrogens (tertiary/aromatic N) is 2. The highest BCUT2D eigenvalue weighted by Crippen LogP contribution is 2.34. The van der Waals surface area contributed by atoms with E-state index < -0.39 is 5.82 Å². The van der Waals surface area contributed by atoms with Gasteiger partial charge in [0.05, 0.1) is 16.8 Å². The second-order valence-corrected chi connectivity index (χ2v) is 7.94. The van der Waals surface area contributed by atoms with Gasteiger partial charge in [0.25, 0.3) is 5.56 Å². The van der Waals surface area contributed by atoms with E-state index in [4.69, 9.17) is 11.6 Å². The van der Waals surface area contributed by atoms with E-state index in [1.807, 2.05) is 0 Å². The van der Waals surface area contributed by atoms with Crippen LogP contribution in [-0.2, 0) is 17.6 Å². The third kappa shape index (κ3) is 3.25. The number of fused-ring (bicyclic) bond motifs is 2. The molecule has 1 atom stereocenters. The SMILES string of the molecule is O=C(CC1CSc2nc3c(c(=O)n21)CCCC3)Nc1ccc(F)c(Cl)c1. The summed E-state index contributed by atoms with van der Waals surface area (Å²) in [5.41, 5.74) is 2.16. The molecule has 1 aliphatic carbocycles. The van der Waals surface area contributed by atoms with E-state index >= 15 is 0 Å². The van der Waals surface area contributed by atoms with Crippen LogP contribution in [0.5, 0.6) is 0 Å². The number of benzene rings is 1. The molecule has 0 fully saturated rings. The fraction of sp³-hybridized carbons (Fsp3) is 0.389. The van der Waals surface area contributed by atoms with Gasteiger partial charge in [-0.05, 0) is 43.9 Å². The smallest absolute Gasteiger partial charge is 0.257 e. The molecular weight excluding hydrogens is 377 g/mol. The Balaban J connectivity index is 1.53. The molecule has 1 aromatic carbocycles. The molecule has 1 amide bonds. The van der Waals surface area contributed by atoms with Gasteiger partial charge >= 0.3 is 0 Å². The van der Waals surface area contributed by atoms with Gasteiger partial charge in [-0.3, -0.25) is 14.2 Å². The first-order chi connectivity index (χ1) is 12.5. The standard InChI is InChI=1S/C18H17ClFN3O2S/c19-13-7-10(5-6-14(13)20)21-16(24)8-11-9-26-18-22-15-4-2-1-3-12(15)17(25)23(11)18/h5-7,11H,1-4,8-9H2,(H,21,24). The number of halogens is 2. The Bertz CT molecular complexity index is 947. The summed E-state index contributed by atoms with van der Waals surface area (Å²) in [6.07, 6.45) is 3.86. The summed E-state index contributed by atoms with van der Waals surface area (Å²) in [5, 5.41) is 3.38. The summed E-state index contributed by atoms with van der Waals surface area (Å²) in [6, 6.07) is 3.81. The molecule has 1 N–H and O–H groups in total. The van der Waals surface area contributed by atoms with Gasteiger partial charge in [-0.15, -0.1) is 0 Å². The predicted octanol–water partition coefficient (Wildman–Crippen LogP) is 3.59. The lowest BCUT2D eigenvalue weighted by Gasteiger charge is -2.18. The minimum absolute atomic E-state index is 0.00248. The van der Waals surface area contributed by atoms with Crippen molar-refractivity contribution < 1.29 is 9.18 Å². The van der Waals surface area contributed by atoms with Gasteiger partial charge < -0.3 is 5.32 Å². The van der Waals surface area contributed by atoms with Crippen LogP contribution in [0.3, 0.4) is 0 Å². The molecule has 1 aromatic heterocycles. The van der Waals surface area contributed by atoms with Crippen molar-refractivity contribution in [2.75, 3.05) is 11.1 Å². The zero-order valence-corrected chi connectivity index (χ0v) is 15.5. The first-order valence-electron chi connectivity index (χ1n) is 8.55. The lowest BCUT2D eigenvalue weighted by Crippen LogP contribution is -2.32. The van der Waals surface area contributed by atoms with Crippen molar-refractivity contribution in [2.45, 2.75) is 43.3 Å². The van der Waals surface area contributed by atoms with Gasteiger partial charge in [-0.25, -0.2) is 9.37 Å². The first kappa shape index (κ1) is 17.5. The third-order valence-electron chi connectivity index (χ3n) is 4.75. The zero-order chi connectivity index (χ0) is 18.3. The molecule has 26 heavy (non-hydrogen) atoms. The summed E-state index contributed by atoms with van der Waals surface area (Å²) in [6.45, 7) is 0. The number of thioether (sulfide) groups is 1. The molecule has 0 saturated heterocycles. The van der Waals surface area contributed by atoms with Crippen molar-refractivity contribution in [2.24, 2.45) is 0 Å². The molecule has 8 heteroatoms. The summed E-state index contributed by atoms with van der Waals surface area (Å²) >= 11 is 7.26. The van der Waals surface area contributed by atoms with E-state index in [2.05, 4.69) is 10.3 Å². The van der Waals surface area contributed by atoms with E-state index in [1.165, 1.54) is 30.0 Å². The summed E-state index contributed by atoms with van der Waals surface area (Å²) in [4.78, 5) is 29.9. The van der Waals surface area contributed by atoms with Gasteiger partial charge in [0.2, 0.25) is 5.91 Å². The van der Waals surface area contributed by atoms with Crippen LogP contribution in [0, 0.1) is 5.82 Å². The second-order valence-electron chi connectivity index (χ2n) is 6.55. The van der Waals surface area contributed by atoms with Crippen LogP contribution in [0.15, 0.2) is 28.2 Å². The number of aryl methyl sites for hydroxylation is 1. The summed E-state index contributed by atoms with van der Waals surface area (Å²) in [7, 11) is 0. The third-order valence-corrected chi connectivity index (χ3v) is 6.13. The second kappa shape index (κ2) is 7.04. The Kier molecular flexibility index (Phi) is 4.75. The molecule has 2 aliphatic rings. The van der Waals surface area contributed by atoms with Crippen LogP contribution in [0.4, 0.5) is 10.1 Å². The largest absolute Gasteiger partial charge is 0.326 e. The minimum Gasteiger partial charge on any atom is -0.326 e. The average Bonchev–Trinajstić information content (AvgIpc) is 3.01. The monoisotopic (exact) mass is 393 g/mol. The maximum atomic E-state index is 13.2. The maximum Gasteiger partial charge on any atom is 0.257 e. The average molecular weight is 394 g/mol. The van der Waals surface area contributed by atoms with Gasteiger partial charge in [0.15, 0.2) is 5.16 Å². The number of hydrogen-bond acceptors (Lipinski definition) is 4. The molecule has 0 radical (unpaired) electrons. The van der Waals surface area contributed by atoms with Gasteiger partial charge in [-0.1, -0.05) is 23.4 Å². The van der Waals surface area contributed by atoms with Crippen molar-refractivity contribution in [1.82, 2.24) is 9.55 Å². The van der Waals surface area contributed by atoms with Crippen molar-refractivity contribution >= 4 is 35.0 Å². The van der Waals surface area contributed by atoms with Crippen molar-refractivity contribution in [3.8, 4) is 0 Å². The first-order valence-corrected chi connectivity index (χ1v) is 9.91. The number of nitrogens with one attached hydrogen (secondary N) is 1. The highest BCUT2D eigenvalue weighted by Gasteiger charge is 2.30. The summed E-state index contributed by atoms with van der Waals surface area (Å²) < 4.78 is 14.9. The summed E-state index contributed by atoms with van der Waals surface area (Å²) in [5.74, 6) is -0.133. The van der Waals surface area contributed by atoms with Crippen molar-refractivity contribution in [3.05, 3.63) is 50.7 Å². The number of rotatable bonds is 3. The van der Waals surface area contributed by atoms with Crippen LogP contribution in [0.25, 0.3) is 0 Å². The van der Waals surface area contributed by atoms with Crippen molar-refractivity contribution in [3.63, 3.8) is 0 Å². The van der Waals surface area contributed by atoms with Gasteiger partial charge in [0.1, 0.15) is 5.82 Å². The zero-order valence-electron chi connectivity index (χ0n) is 13.9. The van der Waals surface area contributed by atoms with Crippen LogP contribution >= 0.6 is 23.4 Å². The van der Waals surface area contributed by atoms with Crippen molar-refractivity contribution in [1.29, 1.82) is 0 Å². The Labute approximate surface area is 159 Å². The Hall–Kier alpha value is -1.86. The maximum absolute atomic E-state index is 13.2. The molecule has 1 aliphatic heterocycles. The molecular formula is C18H17ClFN3O2S. The fourth-order valence-corrected chi connectivity index (χ4v) is 4.80. The Morgan fingerprint density at radius 2 is 2.19 bits per heavy atom. The Morgan fingerprint density at radius 1 is 1.38 bits per heavy atom. The molecule has 2 heterocycles. The number of carbonyl (C=O) groups excluding carboxylic acids is 1. The Morgan fingerprint density at radius 3 is 3.00 bits per heavy atom. The minimum atomic E-state index is -0.534. The van der Waals surface area contributed by atoms with E-state index in [9.17, 15) is 14.0 Å². The van der Waals surface area contributed by atoms with E-state index in [1.54, 1.807) is 4.57 Å². The number of hydrogen-bond donors (Lipinski definition) is 1. The number of amides is 1. The molecule has 136 valence electrons. The topological polar surface area (TPSA) is 64.0 Å². The van der Waals surface area contributed by atoms with Crippen LogP contribution in [-0.4, -0.2) is 21.2 Å². The van der Waals surface area contributed by atoms with Crippen LogP contribution in [0.1, 0.15) is 36.6 Å². The number of aromatic nitrogens is 2. The van der Waals surface area contributed by atoms with E-state index in [0.717, 1.165) is 36.9 Å². The molecule has 0 spiro atoms. The molecule has 5 nitrogen and oxygen atoms in total. The predicted molar refractivity (Wildman–Crippen MR) is 99.6 cm³/mol. The fourth-order valence-electron chi connectivity index (χ4n) is 3.46. The highest BCUT2D eigenvalue weighted by molar-refractivity contribution is 7.99. The number of carbonyl (C=O) groups is 1. The normalized spacial score (nSPS) is 18.3. The van der Waals surface area contributed by atoms with Crippen LogP contribution < -0.4 is 10.9 Å². The van der Waals surface area contributed by atoms with E-state index in [0.29, 0.717) is 16.6 Å². The highest BCUT2D eigenvalue weighted by atomic mass is 35.5. The lowest BCUT2D eigenvalue weighted by atomic mass is 9.97.